The third kappa shape index (κ3) is 6.92. The van der Waals surface area contributed by atoms with Gasteiger partial charge in [-0.2, -0.15) is 0 Å². The van der Waals surface area contributed by atoms with E-state index in [1.807, 2.05) is 44.4 Å². The van der Waals surface area contributed by atoms with E-state index >= 15 is 0 Å². The van der Waals surface area contributed by atoms with Crippen molar-refractivity contribution < 1.29 is 9.84 Å². The summed E-state index contributed by atoms with van der Waals surface area (Å²) in [6.45, 7) is 8.99. The Balaban J connectivity index is 2.07. The minimum atomic E-state index is -0.582. The van der Waals surface area contributed by atoms with Crippen LogP contribution in [-0.4, -0.2) is 44.0 Å². The van der Waals surface area contributed by atoms with Gasteiger partial charge in [0.15, 0.2) is 0 Å². The topological polar surface area (TPSA) is 44.7 Å². The number of aryl methyl sites for hydroxylation is 1. The van der Waals surface area contributed by atoms with Crippen LogP contribution in [0, 0.1) is 18.8 Å². The Morgan fingerprint density at radius 2 is 1.82 bits per heavy atom. The Morgan fingerprint density at radius 3 is 2.46 bits per heavy atom. The lowest BCUT2D eigenvalue weighted by Crippen LogP contribution is -2.42. The van der Waals surface area contributed by atoms with Gasteiger partial charge in [-0.05, 0) is 63.6 Å². The van der Waals surface area contributed by atoms with E-state index in [-0.39, 0.29) is 12.1 Å². The number of hydrogen-bond donors (Lipinski definition) is 2. The zero-order valence-electron chi connectivity index (χ0n) is 17.8. The molecule has 0 heterocycles. The first-order valence-corrected chi connectivity index (χ1v) is 9.60. The van der Waals surface area contributed by atoms with Gasteiger partial charge >= 0.3 is 0 Å². The van der Waals surface area contributed by atoms with Crippen LogP contribution in [0.3, 0.4) is 0 Å². The predicted octanol–water partition coefficient (Wildman–Crippen LogP) is 3.59. The molecule has 1 unspecified atom stereocenters. The minimum absolute atomic E-state index is 0.0371. The summed E-state index contributed by atoms with van der Waals surface area (Å²) in [6, 6.07) is 13.9. The van der Waals surface area contributed by atoms with Crippen molar-refractivity contribution in [2.45, 2.75) is 39.3 Å². The van der Waals surface area contributed by atoms with E-state index < -0.39 is 6.10 Å². The summed E-state index contributed by atoms with van der Waals surface area (Å²) >= 11 is 0. The quantitative estimate of drug-likeness (QED) is 0.752. The van der Waals surface area contributed by atoms with Gasteiger partial charge in [-0.3, -0.25) is 0 Å². The van der Waals surface area contributed by atoms with Crippen LogP contribution >= 0.6 is 0 Å². The molecule has 0 amide bonds. The molecule has 0 radical (unpaired) electrons. The molecule has 0 saturated heterocycles. The second-order valence-electron chi connectivity index (χ2n) is 8.24. The van der Waals surface area contributed by atoms with Crippen molar-refractivity contribution in [3.05, 3.63) is 59.2 Å². The molecule has 0 aliphatic carbocycles. The van der Waals surface area contributed by atoms with Crippen molar-refractivity contribution in [3.8, 4) is 17.6 Å². The number of benzene rings is 2. The van der Waals surface area contributed by atoms with Gasteiger partial charge in [0.25, 0.3) is 0 Å². The van der Waals surface area contributed by atoms with Crippen LogP contribution < -0.4 is 15.0 Å². The van der Waals surface area contributed by atoms with Crippen molar-refractivity contribution >= 4 is 5.69 Å². The Morgan fingerprint density at radius 1 is 1.11 bits per heavy atom. The predicted molar refractivity (Wildman–Crippen MR) is 117 cm³/mol. The molecule has 0 saturated carbocycles. The fraction of sp³-hybridized carbons (Fsp3) is 0.417. The minimum Gasteiger partial charge on any atom is -0.490 e. The van der Waals surface area contributed by atoms with E-state index in [1.165, 1.54) is 11.3 Å². The van der Waals surface area contributed by atoms with Crippen molar-refractivity contribution in [3.63, 3.8) is 0 Å². The largest absolute Gasteiger partial charge is 0.490 e. The van der Waals surface area contributed by atoms with Crippen LogP contribution in [-0.2, 0) is 0 Å². The molecule has 2 aromatic rings. The van der Waals surface area contributed by atoms with Gasteiger partial charge in [0.05, 0.1) is 5.56 Å². The maximum Gasteiger partial charge on any atom is 0.135 e. The normalized spacial score (nSPS) is 12.1. The van der Waals surface area contributed by atoms with E-state index in [1.54, 1.807) is 0 Å². The van der Waals surface area contributed by atoms with Gasteiger partial charge in [0, 0.05) is 37.4 Å². The van der Waals surface area contributed by atoms with E-state index in [4.69, 9.17) is 4.74 Å². The fourth-order valence-corrected chi connectivity index (χ4v) is 2.74. The number of rotatable bonds is 6. The number of aliphatic hydroxyl groups is 1. The molecule has 0 spiro atoms. The van der Waals surface area contributed by atoms with E-state index in [0.717, 1.165) is 11.1 Å². The lowest BCUT2D eigenvalue weighted by molar-refractivity contribution is 0.0999. The van der Waals surface area contributed by atoms with Crippen LogP contribution in [0.4, 0.5) is 5.69 Å². The molecule has 2 rings (SSSR count). The van der Waals surface area contributed by atoms with Gasteiger partial charge in [0.1, 0.15) is 18.5 Å². The molecule has 28 heavy (non-hydrogen) atoms. The SMILES string of the molecule is Cc1cc(C#Cc2ccccc2OCC(O)CNC(C)(C)C)ccc1N(C)C. The third-order valence-electron chi connectivity index (χ3n) is 4.21. The Bertz CT molecular complexity index is 842. The molecule has 4 nitrogen and oxygen atoms in total. The smallest absolute Gasteiger partial charge is 0.135 e. The lowest BCUT2D eigenvalue weighted by Gasteiger charge is -2.23. The number of ether oxygens (including phenoxy) is 1. The maximum absolute atomic E-state index is 10.1. The van der Waals surface area contributed by atoms with Crippen molar-refractivity contribution in [2.75, 3.05) is 32.1 Å². The Kier molecular flexibility index (Phi) is 7.51. The second kappa shape index (κ2) is 9.64. The molecule has 2 N–H and O–H groups in total. The highest BCUT2D eigenvalue weighted by molar-refractivity contribution is 5.57. The molecule has 0 fully saturated rings. The first kappa shape index (κ1) is 21.8. The third-order valence-corrected chi connectivity index (χ3v) is 4.21. The van der Waals surface area contributed by atoms with E-state index in [2.05, 4.69) is 61.9 Å². The summed E-state index contributed by atoms with van der Waals surface area (Å²) in [4.78, 5) is 2.09. The van der Waals surface area contributed by atoms with Gasteiger partial charge in [0.2, 0.25) is 0 Å². The molecule has 0 aromatic heterocycles. The first-order chi connectivity index (χ1) is 13.2. The van der Waals surface area contributed by atoms with Gasteiger partial charge in [-0.25, -0.2) is 0 Å². The average Bonchev–Trinajstić information content (AvgIpc) is 2.62. The molecular weight excluding hydrogens is 348 g/mol. The van der Waals surface area contributed by atoms with Crippen molar-refractivity contribution in [2.24, 2.45) is 0 Å². The molecule has 0 aliphatic heterocycles. The number of aliphatic hydroxyl groups excluding tert-OH is 1. The Labute approximate surface area is 169 Å². The standard InChI is InChI=1S/C24H32N2O2/c1-18-15-19(12-14-22(18)26(5)6)11-13-20-9-7-8-10-23(20)28-17-21(27)16-25-24(2,3)4/h7-10,12,14-15,21,25,27H,16-17H2,1-6H3. The maximum atomic E-state index is 10.1. The summed E-state index contributed by atoms with van der Waals surface area (Å²) in [5, 5.41) is 13.4. The van der Waals surface area contributed by atoms with Crippen LogP contribution in [0.25, 0.3) is 0 Å². The van der Waals surface area contributed by atoms with E-state index in [0.29, 0.717) is 12.3 Å². The highest BCUT2D eigenvalue weighted by Crippen LogP contribution is 2.20. The van der Waals surface area contributed by atoms with Crippen LogP contribution in [0.2, 0.25) is 0 Å². The number of nitrogens with zero attached hydrogens (tertiary/aromatic N) is 1. The van der Waals surface area contributed by atoms with Crippen molar-refractivity contribution in [1.82, 2.24) is 5.32 Å². The summed E-state index contributed by atoms with van der Waals surface area (Å²) in [6.07, 6.45) is -0.582. The van der Waals surface area contributed by atoms with Gasteiger partial charge in [-0.15, -0.1) is 0 Å². The zero-order chi connectivity index (χ0) is 20.7. The molecule has 0 aliphatic rings. The number of nitrogens with one attached hydrogen (secondary N) is 1. The van der Waals surface area contributed by atoms with Gasteiger partial charge in [-0.1, -0.05) is 24.0 Å². The van der Waals surface area contributed by atoms with Crippen LogP contribution in [0.5, 0.6) is 5.75 Å². The van der Waals surface area contributed by atoms with Crippen molar-refractivity contribution in [1.29, 1.82) is 0 Å². The molecule has 1 atom stereocenters. The number of β-amino-alcohol motifs (C(OH)–C–C–N with tert-alkyl or cyclic N) is 1. The molecule has 2 aromatic carbocycles. The molecular formula is C24H32N2O2. The number of anilines is 1. The summed E-state index contributed by atoms with van der Waals surface area (Å²) in [5.41, 5.74) is 4.12. The molecule has 150 valence electrons. The summed E-state index contributed by atoms with van der Waals surface area (Å²) in [7, 11) is 4.07. The average molecular weight is 381 g/mol. The van der Waals surface area contributed by atoms with Crippen LogP contribution in [0.15, 0.2) is 42.5 Å². The highest BCUT2D eigenvalue weighted by atomic mass is 16.5. The molecule has 0 bridgehead atoms. The first-order valence-electron chi connectivity index (χ1n) is 9.60. The van der Waals surface area contributed by atoms with E-state index in [9.17, 15) is 5.11 Å². The summed E-state index contributed by atoms with van der Waals surface area (Å²) in [5.74, 6) is 7.10. The van der Waals surface area contributed by atoms with Gasteiger partial charge < -0.3 is 20.1 Å². The Hall–Kier alpha value is -2.48. The fourth-order valence-electron chi connectivity index (χ4n) is 2.74. The number of hydrogen-bond acceptors (Lipinski definition) is 4. The number of para-hydroxylation sites is 1. The lowest BCUT2D eigenvalue weighted by atomic mass is 10.1. The van der Waals surface area contributed by atoms with Crippen LogP contribution in [0.1, 0.15) is 37.5 Å². The highest BCUT2D eigenvalue weighted by Gasteiger charge is 2.13. The monoisotopic (exact) mass is 380 g/mol. The molecule has 4 heteroatoms. The zero-order valence-corrected chi connectivity index (χ0v) is 17.8. The summed E-state index contributed by atoms with van der Waals surface area (Å²) < 4.78 is 5.83. The second-order valence-corrected chi connectivity index (χ2v) is 8.24.